The predicted molar refractivity (Wildman–Crippen MR) is 96.0 cm³/mol. The SMILES string of the molecule is O=c1[nH]c(-n2cccn2)nc2ccc(Oc3cc(Cl)ccc3Cl)cc12. The fourth-order valence-electron chi connectivity index (χ4n) is 2.35. The lowest BCUT2D eigenvalue weighted by atomic mass is 10.2. The fourth-order valence-corrected chi connectivity index (χ4v) is 2.67. The van der Waals surface area contributed by atoms with Crippen molar-refractivity contribution in [1.29, 1.82) is 0 Å². The molecule has 6 nitrogen and oxygen atoms in total. The number of nitrogens with one attached hydrogen (secondary N) is 1. The van der Waals surface area contributed by atoms with E-state index in [0.717, 1.165) is 0 Å². The molecule has 1 N–H and O–H groups in total. The molecule has 4 aromatic rings. The standard InChI is InChI=1S/C17H10Cl2N4O2/c18-10-2-4-13(19)15(8-10)25-11-3-5-14-12(9-11)16(24)22-17(21-14)23-7-1-6-20-23/h1-9H,(H,21,22,24). The van der Waals surface area contributed by atoms with E-state index in [1.165, 1.54) is 4.68 Å². The van der Waals surface area contributed by atoms with Crippen LogP contribution in [0, 0.1) is 0 Å². The minimum Gasteiger partial charge on any atom is -0.456 e. The molecule has 0 spiro atoms. The smallest absolute Gasteiger partial charge is 0.260 e. The normalized spacial score (nSPS) is 11.0. The van der Waals surface area contributed by atoms with E-state index in [9.17, 15) is 4.79 Å². The Labute approximate surface area is 151 Å². The van der Waals surface area contributed by atoms with E-state index < -0.39 is 0 Å². The van der Waals surface area contributed by atoms with Crippen molar-refractivity contribution in [3.8, 4) is 17.4 Å². The monoisotopic (exact) mass is 372 g/mol. The molecule has 0 unspecified atom stereocenters. The van der Waals surface area contributed by atoms with E-state index in [1.54, 1.807) is 54.9 Å². The van der Waals surface area contributed by atoms with Crippen LogP contribution in [0.1, 0.15) is 0 Å². The maximum atomic E-state index is 12.4. The molecule has 0 aliphatic rings. The van der Waals surface area contributed by atoms with Crippen LogP contribution < -0.4 is 10.3 Å². The molecule has 0 aliphatic carbocycles. The third-order valence-corrected chi connectivity index (χ3v) is 4.05. The first-order valence-corrected chi connectivity index (χ1v) is 8.03. The van der Waals surface area contributed by atoms with Gasteiger partial charge < -0.3 is 4.74 Å². The molecule has 0 aliphatic heterocycles. The van der Waals surface area contributed by atoms with E-state index in [0.29, 0.717) is 38.4 Å². The number of hydrogen-bond donors (Lipinski definition) is 1. The Morgan fingerprint density at radius 2 is 2.00 bits per heavy atom. The summed E-state index contributed by atoms with van der Waals surface area (Å²) in [6.07, 6.45) is 3.30. The highest BCUT2D eigenvalue weighted by Crippen LogP contribution is 2.32. The topological polar surface area (TPSA) is 72.8 Å². The van der Waals surface area contributed by atoms with Crippen LogP contribution in [0.2, 0.25) is 10.0 Å². The first-order chi connectivity index (χ1) is 12.1. The number of ether oxygens (including phenoxy) is 1. The van der Waals surface area contributed by atoms with Gasteiger partial charge in [-0.1, -0.05) is 23.2 Å². The largest absolute Gasteiger partial charge is 0.456 e. The van der Waals surface area contributed by atoms with Crippen LogP contribution in [0.25, 0.3) is 16.9 Å². The maximum Gasteiger partial charge on any atom is 0.260 e. The van der Waals surface area contributed by atoms with Crippen molar-refractivity contribution in [3.05, 3.63) is 75.3 Å². The van der Waals surface area contributed by atoms with Crippen molar-refractivity contribution in [2.24, 2.45) is 0 Å². The molecule has 2 heterocycles. The molecule has 4 rings (SSSR count). The molecule has 0 radical (unpaired) electrons. The summed E-state index contributed by atoms with van der Waals surface area (Å²) in [5.41, 5.74) is 0.233. The Kier molecular flexibility index (Phi) is 3.91. The van der Waals surface area contributed by atoms with Crippen LogP contribution in [0.5, 0.6) is 11.5 Å². The molecular weight excluding hydrogens is 363 g/mol. The number of rotatable bonds is 3. The molecule has 124 valence electrons. The molecule has 0 saturated heterocycles. The molecule has 2 aromatic carbocycles. The minimum atomic E-state index is -0.293. The molecule has 0 bridgehead atoms. The quantitative estimate of drug-likeness (QED) is 0.584. The summed E-state index contributed by atoms with van der Waals surface area (Å²) < 4.78 is 7.22. The van der Waals surface area contributed by atoms with Crippen LogP contribution >= 0.6 is 23.2 Å². The minimum absolute atomic E-state index is 0.293. The van der Waals surface area contributed by atoms with Crippen molar-refractivity contribution in [2.75, 3.05) is 0 Å². The van der Waals surface area contributed by atoms with E-state index in [4.69, 9.17) is 27.9 Å². The summed E-state index contributed by atoms with van der Waals surface area (Å²) in [5, 5.41) is 5.38. The van der Waals surface area contributed by atoms with Crippen LogP contribution in [0.15, 0.2) is 59.7 Å². The lowest BCUT2D eigenvalue weighted by Gasteiger charge is -2.09. The van der Waals surface area contributed by atoms with Crippen molar-refractivity contribution in [1.82, 2.24) is 19.7 Å². The van der Waals surface area contributed by atoms with Gasteiger partial charge in [-0.25, -0.2) is 9.67 Å². The van der Waals surface area contributed by atoms with Gasteiger partial charge in [0, 0.05) is 23.5 Å². The van der Waals surface area contributed by atoms with Crippen molar-refractivity contribution >= 4 is 34.1 Å². The number of H-pyrrole nitrogens is 1. The highest BCUT2D eigenvalue weighted by atomic mass is 35.5. The van der Waals surface area contributed by atoms with Gasteiger partial charge in [0.15, 0.2) is 0 Å². The third-order valence-electron chi connectivity index (χ3n) is 3.51. The molecular formula is C17H10Cl2N4O2. The van der Waals surface area contributed by atoms with Crippen molar-refractivity contribution < 1.29 is 4.74 Å². The number of benzene rings is 2. The highest BCUT2D eigenvalue weighted by Gasteiger charge is 2.09. The van der Waals surface area contributed by atoms with Crippen LogP contribution in [0.4, 0.5) is 0 Å². The Morgan fingerprint density at radius 3 is 2.80 bits per heavy atom. The zero-order valence-corrected chi connectivity index (χ0v) is 14.1. The van der Waals surface area contributed by atoms with Gasteiger partial charge in [-0.15, -0.1) is 0 Å². The lowest BCUT2D eigenvalue weighted by Crippen LogP contribution is -2.13. The molecule has 8 heteroatoms. The van der Waals surface area contributed by atoms with Gasteiger partial charge in [-0.05, 0) is 36.4 Å². The van der Waals surface area contributed by atoms with Gasteiger partial charge >= 0.3 is 0 Å². The van der Waals surface area contributed by atoms with Gasteiger partial charge in [0.1, 0.15) is 11.5 Å². The number of nitrogens with zero attached hydrogens (tertiary/aromatic N) is 3. The van der Waals surface area contributed by atoms with Gasteiger partial charge in [-0.3, -0.25) is 9.78 Å². The molecule has 2 aromatic heterocycles. The Hall–Kier alpha value is -2.83. The highest BCUT2D eigenvalue weighted by molar-refractivity contribution is 6.34. The average Bonchev–Trinajstić information content (AvgIpc) is 3.13. The van der Waals surface area contributed by atoms with Gasteiger partial charge in [0.2, 0.25) is 5.95 Å². The molecule has 0 saturated carbocycles. The van der Waals surface area contributed by atoms with Crippen LogP contribution in [-0.2, 0) is 0 Å². The van der Waals surface area contributed by atoms with Gasteiger partial charge in [-0.2, -0.15) is 5.10 Å². The fraction of sp³-hybridized carbons (Fsp3) is 0. The second-order valence-corrected chi connectivity index (χ2v) is 6.04. The van der Waals surface area contributed by atoms with Crippen LogP contribution in [-0.4, -0.2) is 19.7 Å². The van der Waals surface area contributed by atoms with Gasteiger partial charge in [0.25, 0.3) is 5.56 Å². The molecule has 0 atom stereocenters. The Morgan fingerprint density at radius 1 is 1.12 bits per heavy atom. The summed E-state index contributed by atoms with van der Waals surface area (Å²) >= 11 is 12.1. The zero-order chi connectivity index (χ0) is 17.4. The van der Waals surface area contributed by atoms with Gasteiger partial charge in [0.05, 0.1) is 15.9 Å². The van der Waals surface area contributed by atoms with Crippen molar-refractivity contribution in [2.45, 2.75) is 0 Å². The number of aromatic amines is 1. The van der Waals surface area contributed by atoms with E-state index in [2.05, 4.69) is 15.1 Å². The van der Waals surface area contributed by atoms with E-state index in [1.807, 2.05) is 0 Å². The maximum absolute atomic E-state index is 12.4. The molecule has 0 amide bonds. The molecule has 25 heavy (non-hydrogen) atoms. The summed E-state index contributed by atoms with van der Waals surface area (Å²) in [6, 6.07) is 11.7. The first kappa shape index (κ1) is 15.7. The predicted octanol–water partition coefficient (Wildman–Crippen LogP) is 4.21. The van der Waals surface area contributed by atoms with E-state index in [-0.39, 0.29) is 5.56 Å². The number of hydrogen-bond acceptors (Lipinski definition) is 4. The number of fused-ring (bicyclic) bond motifs is 1. The lowest BCUT2D eigenvalue weighted by molar-refractivity contribution is 0.483. The average molecular weight is 373 g/mol. The summed E-state index contributed by atoms with van der Waals surface area (Å²) in [4.78, 5) is 19.5. The summed E-state index contributed by atoms with van der Waals surface area (Å²) in [7, 11) is 0. The molecule has 0 fully saturated rings. The second-order valence-electron chi connectivity index (χ2n) is 5.20. The van der Waals surface area contributed by atoms with Crippen LogP contribution in [0.3, 0.4) is 0 Å². The third kappa shape index (κ3) is 3.09. The second kappa shape index (κ2) is 6.23. The number of aromatic nitrogens is 4. The first-order valence-electron chi connectivity index (χ1n) is 7.27. The Bertz CT molecular complexity index is 1120. The zero-order valence-electron chi connectivity index (χ0n) is 12.6. The Balaban J connectivity index is 1.76. The van der Waals surface area contributed by atoms with Crippen molar-refractivity contribution in [3.63, 3.8) is 0 Å². The van der Waals surface area contributed by atoms with E-state index >= 15 is 0 Å². The summed E-state index contributed by atoms with van der Waals surface area (Å²) in [6.45, 7) is 0. The number of halogens is 2. The summed E-state index contributed by atoms with van der Waals surface area (Å²) in [5.74, 6) is 1.20.